The Balaban J connectivity index is 1.89. The quantitative estimate of drug-likeness (QED) is 0.923. The maximum atomic E-state index is 12.6. The van der Waals surface area contributed by atoms with E-state index in [-0.39, 0.29) is 11.3 Å². The summed E-state index contributed by atoms with van der Waals surface area (Å²) >= 11 is 0. The predicted molar refractivity (Wildman–Crippen MR) is 83.4 cm³/mol. The highest BCUT2D eigenvalue weighted by Crippen LogP contribution is 2.31. The lowest BCUT2D eigenvalue weighted by Gasteiger charge is -2.21. The lowest BCUT2D eigenvalue weighted by atomic mass is 9.90. The lowest BCUT2D eigenvalue weighted by Crippen LogP contribution is -2.34. The van der Waals surface area contributed by atoms with Gasteiger partial charge in [-0.25, -0.2) is 0 Å². The molecule has 112 valence electrons. The number of carbonyl (C=O) groups is 1. The summed E-state index contributed by atoms with van der Waals surface area (Å²) in [4.78, 5) is 14.4. The summed E-state index contributed by atoms with van der Waals surface area (Å²) in [5.41, 5.74) is 9.00. The number of hydrogen-bond acceptors (Lipinski definition) is 3. The number of furan rings is 1. The summed E-state index contributed by atoms with van der Waals surface area (Å²) in [6.45, 7) is 8.31. The monoisotopic (exact) mass is 286 g/mol. The smallest absolute Gasteiger partial charge is 0.289 e. The molecular formula is C17H22N2O2. The maximum absolute atomic E-state index is 12.6. The molecule has 1 saturated heterocycles. The number of aryl methyl sites for hydroxylation is 2. The van der Waals surface area contributed by atoms with Crippen molar-refractivity contribution in [2.24, 2.45) is 11.1 Å². The number of hydrogen-bond donors (Lipinski definition) is 1. The summed E-state index contributed by atoms with van der Waals surface area (Å²) in [5.74, 6) is 0.398. The van der Waals surface area contributed by atoms with Gasteiger partial charge in [0.05, 0.1) is 0 Å². The van der Waals surface area contributed by atoms with Gasteiger partial charge in [-0.2, -0.15) is 0 Å². The van der Waals surface area contributed by atoms with Gasteiger partial charge in [0, 0.05) is 18.5 Å². The van der Waals surface area contributed by atoms with Crippen LogP contribution in [-0.2, 0) is 0 Å². The van der Waals surface area contributed by atoms with Gasteiger partial charge in [0.2, 0.25) is 0 Å². The minimum absolute atomic E-state index is 0.0290. The van der Waals surface area contributed by atoms with Gasteiger partial charge in [0.1, 0.15) is 5.58 Å². The van der Waals surface area contributed by atoms with Crippen LogP contribution in [0.15, 0.2) is 22.6 Å². The van der Waals surface area contributed by atoms with Crippen molar-refractivity contribution >= 4 is 16.9 Å². The minimum atomic E-state index is -0.0290. The Bertz CT molecular complexity index is 665. The van der Waals surface area contributed by atoms with E-state index in [9.17, 15) is 4.79 Å². The molecule has 1 fully saturated rings. The van der Waals surface area contributed by atoms with E-state index in [1.807, 2.05) is 24.0 Å². The fourth-order valence-electron chi connectivity index (χ4n) is 2.93. The third-order valence-corrected chi connectivity index (χ3v) is 4.68. The fraction of sp³-hybridized carbons (Fsp3) is 0.471. The predicted octanol–water partition coefficient (Wildman–Crippen LogP) is 2.86. The molecule has 0 bridgehead atoms. The van der Waals surface area contributed by atoms with E-state index in [2.05, 4.69) is 19.9 Å². The first kappa shape index (κ1) is 14.1. The maximum Gasteiger partial charge on any atom is 0.289 e. The van der Waals surface area contributed by atoms with Crippen molar-refractivity contribution < 1.29 is 9.21 Å². The normalized spacial score (nSPS) is 22.2. The highest BCUT2D eigenvalue weighted by molar-refractivity contribution is 5.96. The van der Waals surface area contributed by atoms with Crippen molar-refractivity contribution in [2.45, 2.75) is 27.2 Å². The van der Waals surface area contributed by atoms with Crippen molar-refractivity contribution in [3.8, 4) is 0 Å². The number of rotatable bonds is 2. The molecule has 1 aromatic heterocycles. The molecule has 4 heteroatoms. The fourth-order valence-corrected chi connectivity index (χ4v) is 2.93. The molecule has 1 amide bonds. The van der Waals surface area contributed by atoms with Gasteiger partial charge < -0.3 is 15.1 Å². The van der Waals surface area contributed by atoms with Crippen LogP contribution in [-0.4, -0.2) is 30.4 Å². The average molecular weight is 286 g/mol. The van der Waals surface area contributed by atoms with E-state index in [0.29, 0.717) is 18.8 Å². The standard InChI is InChI=1S/C17H22N2O2/c1-11-6-13-8-15(21-14(13)7-12(11)2)16(20)19-5-4-17(3,9-18)10-19/h6-8H,4-5,9-10,18H2,1-3H3. The number of likely N-dealkylation sites (tertiary alicyclic amines) is 1. The van der Waals surface area contributed by atoms with Gasteiger partial charge in [-0.15, -0.1) is 0 Å². The lowest BCUT2D eigenvalue weighted by molar-refractivity contribution is 0.0747. The Morgan fingerprint density at radius 2 is 2.05 bits per heavy atom. The molecule has 0 spiro atoms. The molecule has 4 nitrogen and oxygen atoms in total. The van der Waals surface area contributed by atoms with Gasteiger partial charge in [-0.05, 0) is 61.6 Å². The van der Waals surface area contributed by atoms with E-state index in [4.69, 9.17) is 10.2 Å². The molecule has 0 saturated carbocycles. The number of amides is 1. The third kappa shape index (κ3) is 2.44. The van der Waals surface area contributed by atoms with Crippen LogP contribution in [0.25, 0.3) is 11.0 Å². The summed E-state index contributed by atoms with van der Waals surface area (Å²) in [6.07, 6.45) is 0.952. The first-order valence-electron chi connectivity index (χ1n) is 7.42. The number of nitrogens with zero attached hydrogens (tertiary/aromatic N) is 1. The molecule has 1 aliphatic heterocycles. The van der Waals surface area contributed by atoms with Crippen LogP contribution in [0, 0.1) is 19.3 Å². The van der Waals surface area contributed by atoms with Crippen molar-refractivity contribution in [2.75, 3.05) is 19.6 Å². The zero-order valence-electron chi connectivity index (χ0n) is 12.9. The average Bonchev–Trinajstić information content (AvgIpc) is 3.03. The molecular weight excluding hydrogens is 264 g/mol. The van der Waals surface area contributed by atoms with Crippen molar-refractivity contribution in [1.29, 1.82) is 0 Å². The van der Waals surface area contributed by atoms with Crippen LogP contribution in [0.4, 0.5) is 0 Å². The summed E-state index contributed by atoms with van der Waals surface area (Å²) < 4.78 is 5.76. The SMILES string of the molecule is Cc1cc2cc(C(=O)N3CCC(C)(CN)C3)oc2cc1C. The highest BCUT2D eigenvalue weighted by atomic mass is 16.3. The Morgan fingerprint density at radius 1 is 1.33 bits per heavy atom. The van der Waals surface area contributed by atoms with Gasteiger partial charge in [-0.3, -0.25) is 4.79 Å². The second-order valence-corrected chi connectivity index (χ2v) is 6.58. The van der Waals surface area contributed by atoms with E-state index in [0.717, 1.165) is 23.9 Å². The van der Waals surface area contributed by atoms with Crippen LogP contribution in [0.2, 0.25) is 0 Å². The Hall–Kier alpha value is -1.81. The Labute approximate surface area is 124 Å². The van der Waals surface area contributed by atoms with E-state index in [1.54, 1.807) is 0 Å². The molecule has 2 heterocycles. The Kier molecular flexibility index (Phi) is 3.29. The van der Waals surface area contributed by atoms with Crippen LogP contribution in [0.1, 0.15) is 35.0 Å². The van der Waals surface area contributed by atoms with E-state index < -0.39 is 0 Å². The second kappa shape index (κ2) is 4.88. The number of carbonyl (C=O) groups excluding carboxylic acids is 1. The third-order valence-electron chi connectivity index (χ3n) is 4.68. The molecule has 1 unspecified atom stereocenters. The van der Waals surface area contributed by atoms with Crippen molar-refractivity contribution in [1.82, 2.24) is 4.90 Å². The first-order valence-corrected chi connectivity index (χ1v) is 7.42. The highest BCUT2D eigenvalue weighted by Gasteiger charge is 2.36. The van der Waals surface area contributed by atoms with Crippen LogP contribution >= 0.6 is 0 Å². The van der Waals surface area contributed by atoms with Crippen LogP contribution in [0.5, 0.6) is 0 Å². The molecule has 1 aromatic carbocycles. The summed E-state index contributed by atoms with van der Waals surface area (Å²) in [5, 5.41) is 0.988. The molecule has 21 heavy (non-hydrogen) atoms. The van der Waals surface area contributed by atoms with Gasteiger partial charge in [0.25, 0.3) is 5.91 Å². The molecule has 1 atom stereocenters. The van der Waals surface area contributed by atoms with Crippen LogP contribution < -0.4 is 5.73 Å². The topological polar surface area (TPSA) is 59.5 Å². The molecule has 2 N–H and O–H groups in total. The summed E-state index contributed by atoms with van der Waals surface area (Å²) in [7, 11) is 0. The molecule has 0 radical (unpaired) electrons. The summed E-state index contributed by atoms with van der Waals surface area (Å²) in [6, 6.07) is 5.91. The zero-order chi connectivity index (χ0) is 15.2. The molecule has 0 aliphatic carbocycles. The van der Waals surface area contributed by atoms with E-state index in [1.165, 1.54) is 11.1 Å². The minimum Gasteiger partial charge on any atom is -0.451 e. The van der Waals surface area contributed by atoms with Crippen LogP contribution in [0.3, 0.4) is 0 Å². The van der Waals surface area contributed by atoms with Gasteiger partial charge >= 0.3 is 0 Å². The van der Waals surface area contributed by atoms with Crippen molar-refractivity contribution in [3.63, 3.8) is 0 Å². The van der Waals surface area contributed by atoms with Gasteiger partial charge in [0.15, 0.2) is 5.76 Å². The zero-order valence-corrected chi connectivity index (χ0v) is 12.9. The van der Waals surface area contributed by atoms with E-state index >= 15 is 0 Å². The Morgan fingerprint density at radius 3 is 2.71 bits per heavy atom. The van der Waals surface area contributed by atoms with Crippen molar-refractivity contribution in [3.05, 3.63) is 35.1 Å². The largest absolute Gasteiger partial charge is 0.451 e. The second-order valence-electron chi connectivity index (χ2n) is 6.58. The molecule has 1 aliphatic rings. The van der Waals surface area contributed by atoms with Gasteiger partial charge in [-0.1, -0.05) is 6.92 Å². The number of benzene rings is 1. The molecule has 2 aromatic rings. The first-order chi connectivity index (χ1) is 9.92. The number of nitrogens with two attached hydrogens (primary N) is 1. The molecule has 3 rings (SSSR count). The number of fused-ring (bicyclic) bond motifs is 1.